The quantitative estimate of drug-likeness (QED) is 0.716. The Labute approximate surface area is 114 Å². The van der Waals surface area contributed by atoms with Crippen LogP contribution in [0, 0.1) is 5.92 Å². The molecular weight excluding hydrogens is 222 g/mol. The summed E-state index contributed by atoms with van der Waals surface area (Å²) >= 11 is 0. The van der Waals surface area contributed by atoms with Crippen molar-refractivity contribution in [2.24, 2.45) is 5.92 Å². The summed E-state index contributed by atoms with van der Waals surface area (Å²) in [5, 5.41) is 3.66. The van der Waals surface area contributed by atoms with Gasteiger partial charge in [0.1, 0.15) is 0 Å². The molecule has 0 radical (unpaired) electrons. The first-order valence-corrected chi connectivity index (χ1v) is 7.76. The zero-order chi connectivity index (χ0) is 13.4. The summed E-state index contributed by atoms with van der Waals surface area (Å²) in [5.74, 6) is 0.920. The van der Waals surface area contributed by atoms with Gasteiger partial charge in [0.15, 0.2) is 0 Å². The third-order valence-electron chi connectivity index (χ3n) is 4.18. The van der Waals surface area contributed by atoms with Gasteiger partial charge < -0.3 is 15.1 Å². The summed E-state index contributed by atoms with van der Waals surface area (Å²) in [4.78, 5) is 4.95. The number of hydrogen-bond donors (Lipinski definition) is 1. The second-order valence-corrected chi connectivity index (χ2v) is 6.01. The van der Waals surface area contributed by atoms with Gasteiger partial charge in [0.2, 0.25) is 0 Å². The van der Waals surface area contributed by atoms with Gasteiger partial charge in [-0.05, 0) is 58.8 Å². The van der Waals surface area contributed by atoms with Crippen molar-refractivity contribution < 1.29 is 0 Å². The van der Waals surface area contributed by atoms with Gasteiger partial charge in [-0.1, -0.05) is 13.8 Å². The molecule has 0 bridgehead atoms. The van der Waals surface area contributed by atoms with E-state index in [0.29, 0.717) is 0 Å². The highest BCUT2D eigenvalue weighted by molar-refractivity contribution is 4.74. The number of piperidine rings is 1. The third-order valence-corrected chi connectivity index (χ3v) is 4.18. The Kier molecular flexibility index (Phi) is 7.87. The van der Waals surface area contributed by atoms with Crippen LogP contribution < -0.4 is 5.32 Å². The number of likely N-dealkylation sites (tertiary alicyclic amines) is 1. The predicted molar refractivity (Wildman–Crippen MR) is 80.1 cm³/mol. The van der Waals surface area contributed by atoms with Gasteiger partial charge in [-0.15, -0.1) is 0 Å². The molecule has 0 aliphatic carbocycles. The van der Waals surface area contributed by atoms with Crippen molar-refractivity contribution in [3.8, 4) is 0 Å². The van der Waals surface area contributed by atoms with Gasteiger partial charge in [0.25, 0.3) is 0 Å². The van der Waals surface area contributed by atoms with E-state index in [1.54, 1.807) is 0 Å². The lowest BCUT2D eigenvalue weighted by Gasteiger charge is -2.33. The lowest BCUT2D eigenvalue weighted by molar-refractivity contribution is 0.162. The van der Waals surface area contributed by atoms with Crippen LogP contribution in [0.25, 0.3) is 0 Å². The van der Waals surface area contributed by atoms with Crippen LogP contribution in [-0.4, -0.2) is 62.7 Å². The van der Waals surface area contributed by atoms with Crippen LogP contribution in [0.4, 0.5) is 0 Å². The van der Waals surface area contributed by atoms with E-state index in [2.05, 4.69) is 43.1 Å². The summed E-state index contributed by atoms with van der Waals surface area (Å²) < 4.78 is 0. The fraction of sp³-hybridized carbons (Fsp3) is 1.00. The van der Waals surface area contributed by atoms with Crippen LogP contribution in [0.2, 0.25) is 0 Å². The molecule has 1 saturated heterocycles. The summed E-state index contributed by atoms with van der Waals surface area (Å²) in [6.45, 7) is 10.8. The zero-order valence-electron chi connectivity index (χ0n) is 12.9. The van der Waals surface area contributed by atoms with E-state index in [1.165, 1.54) is 51.9 Å². The van der Waals surface area contributed by atoms with Gasteiger partial charge in [0, 0.05) is 25.7 Å². The van der Waals surface area contributed by atoms with Crippen molar-refractivity contribution in [3.63, 3.8) is 0 Å². The zero-order valence-corrected chi connectivity index (χ0v) is 12.9. The Hall–Kier alpha value is -0.120. The summed E-state index contributed by atoms with van der Waals surface area (Å²) in [7, 11) is 4.37. The number of nitrogens with zero attached hydrogens (tertiary/aromatic N) is 2. The van der Waals surface area contributed by atoms with E-state index in [-0.39, 0.29) is 0 Å². The Bertz CT molecular complexity index is 194. The van der Waals surface area contributed by atoms with Crippen LogP contribution >= 0.6 is 0 Å². The predicted octanol–water partition coefficient (Wildman–Crippen LogP) is 2.04. The highest BCUT2D eigenvalue weighted by atomic mass is 15.1. The van der Waals surface area contributed by atoms with Crippen LogP contribution in [-0.2, 0) is 0 Å². The van der Waals surface area contributed by atoms with E-state index in [4.69, 9.17) is 0 Å². The van der Waals surface area contributed by atoms with Crippen LogP contribution in [0.1, 0.15) is 39.5 Å². The van der Waals surface area contributed by atoms with Crippen LogP contribution in [0.3, 0.4) is 0 Å². The van der Waals surface area contributed by atoms with Crippen molar-refractivity contribution in [2.45, 2.75) is 45.6 Å². The highest BCUT2D eigenvalue weighted by Gasteiger charge is 2.19. The SMILES string of the molecule is CCC(CC)NCCN1CCC(CN(C)C)CC1. The first-order chi connectivity index (χ1) is 8.65. The molecule has 3 nitrogen and oxygen atoms in total. The average Bonchev–Trinajstić information content (AvgIpc) is 2.36. The minimum absolute atomic E-state index is 0.719. The van der Waals surface area contributed by atoms with Crippen LogP contribution in [0.5, 0.6) is 0 Å². The molecule has 1 fully saturated rings. The Balaban J connectivity index is 2.08. The molecule has 0 saturated carbocycles. The fourth-order valence-electron chi connectivity index (χ4n) is 2.91. The normalized spacial score (nSPS) is 19.0. The number of rotatable bonds is 8. The minimum atomic E-state index is 0.719. The minimum Gasteiger partial charge on any atom is -0.313 e. The number of hydrogen-bond acceptors (Lipinski definition) is 3. The molecule has 1 aliphatic heterocycles. The topological polar surface area (TPSA) is 18.5 Å². The van der Waals surface area contributed by atoms with E-state index in [1.807, 2.05) is 0 Å². The molecule has 0 aromatic heterocycles. The summed E-state index contributed by atoms with van der Waals surface area (Å²) in [5.41, 5.74) is 0. The van der Waals surface area contributed by atoms with Gasteiger partial charge in [-0.3, -0.25) is 0 Å². The molecular formula is C15H33N3. The molecule has 0 aromatic rings. The fourth-order valence-corrected chi connectivity index (χ4v) is 2.91. The molecule has 108 valence electrons. The molecule has 1 aliphatic rings. The van der Waals surface area contributed by atoms with Gasteiger partial charge in [0.05, 0.1) is 0 Å². The molecule has 1 rings (SSSR count). The van der Waals surface area contributed by atoms with Crippen molar-refractivity contribution >= 4 is 0 Å². The second kappa shape index (κ2) is 8.89. The van der Waals surface area contributed by atoms with Crippen molar-refractivity contribution in [1.82, 2.24) is 15.1 Å². The Morgan fingerprint density at radius 1 is 1.17 bits per heavy atom. The smallest absolute Gasteiger partial charge is 0.0107 e. The first-order valence-electron chi connectivity index (χ1n) is 7.76. The number of nitrogens with one attached hydrogen (secondary N) is 1. The lowest BCUT2D eigenvalue weighted by Crippen LogP contribution is -2.41. The van der Waals surface area contributed by atoms with E-state index in [0.717, 1.165) is 18.5 Å². The van der Waals surface area contributed by atoms with Gasteiger partial charge in [-0.2, -0.15) is 0 Å². The summed E-state index contributed by atoms with van der Waals surface area (Å²) in [6.07, 6.45) is 5.26. The standard InChI is InChI=1S/C15H33N3/c1-5-15(6-2)16-9-12-18-10-7-14(8-11-18)13-17(3)4/h14-16H,5-13H2,1-4H3. The van der Waals surface area contributed by atoms with Crippen molar-refractivity contribution in [1.29, 1.82) is 0 Å². The Morgan fingerprint density at radius 2 is 1.78 bits per heavy atom. The molecule has 0 amide bonds. The lowest BCUT2D eigenvalue weighted by atomic mass is 9.96. The maximum atomic E-state index is 3.66. The average molecular weight is 255 g/mol. The van der Waals surface area contributed by atoms with Crippen molar-refractivity contribution in [3.05, 3.63) is 0 Å². The molecule has 3 heteroatoms. The van der Waals surface area contributed by atoms with Crippen molar-refractivity contribution in [2.75, 3.05) is 46.8 Å². The second-order valence-electron chi connectivity index (χ2n) is 6.01. The molecule has 0 aromatic carbocycles. The maximum absolute atomic E-state index is 3.66. The Morgan fingerprint density at radius 3 is 2.28 bits per heavy atom. The first kappa shape index (κ1) is 15.9. The maximum Gasteiger partial charge on any atom is 0.0107 e. The summed E-state index contributed by atoms with van der Waals surface area (Å²) in [6, 6.07) is 0.719. The van der Waals surface area contributed by atoms with Gasteiger partial charge in [-0.25, -0.2) is 0 Å². The monoisotopic (exact) mass is 255 g/mol. The van der Waals surface area contributed by atoms with E-state index in [9.17, 15) is 0 Å². The molecule has 0 spiro atoms. The molecule has 18 heavy (non-hydrogen) atoms. The van der Waals surface area contributed by atoms with E-state index < -0.39 is 0 Å². The third kappa shape index (κ3) is 6.17. The van der Waals surface area contributed by atoms with E-state index >= 15 is 0 Å². The molecule has 0 unspecified atom stereocenters. The highest BCUT2D eigenvalue weighted by Crippen LogP contribution is 2.17. The van der Waals surface area contributed by atoms with Crippen LogP contribution in [0.15, 0.2) is 0 Å². The molecule has 1 heterocycles. The van der Waals surface area contributed by atoms with Gasteiger partial charge >= 0.3 is 0 Å². The largest absolute Gasteiger partial charge is 0.313 e. The molecule has 1 N–H and O–H groups in total. The molecule has 0 atom stereocenters.